The highest BCUT2D eigenvalue weighted by atomic mass is 16.2. The van der Waals surface area contributed by atoms with Gasteiger partial charge in [-0.1, -0.05) is 45.0 Å². The number of benzene rings is 1. The fraction of sp³-hybridized carbons (Fsp3) is 0.417. The average molecular weight is 208 g/mol. The Morgan fingerprint density at radius 3 is 2.07 bits per heavy atom. The Morgan fingerprint density at radius 1 is 1.20 bits per heavy atom. The monoisotopic (exact) mass is 208 g/mol. The lowest BCUT2D eigenvalue weighted by atomic mass is 10.1. The smallest absolute Gasteiger partial charge is 0.238 e. The second-order valence-corrected chi connectivity index (χ2v) is 2.91. The molecule has 3 nitrogen and oxygen atoms in total. The summed E-state index contributed by atoms with van der Waals surface area (Å²) in [4.78, 5) is 10.9. The standard InChI is InChI=1S/C10H14N2O.C2H6/c1-2-8-3-5-9(6-4-8)7-10(13)12-11;1-2/h3-6H,2,7,11H2,1H3,(H,12,13);1-2H3. The van der Waals surface area contributed by atoms with Crippen LogP contribution in [0.4, 0.5) is 0 Å². The Bertz CT molecular complexity index is 280. The number of amides is 1. The molecule has 0 aliphatic heterocycles. The highest BCUT2D eigenvalue weighted by Gasteiger charge is 1.99. The van der Waals surface area contributed by atoms with Crippen molar-refractivity contribution in [1.82, 2.24) is 5.43 Å². The zero-order valence-corrected chi connectivity index (χ0v) is 9.71. The zero-order valence-electron chi connectivity index (χ0n) is 9.71. The van der Waals surface area contributed by atoms with E-state index in [4.69, 9.17) is 5.84 Å². The minimum atomic E-state index is -0.163. The van der Waals surface area contributed by atoms with Crippen molar-refractivity contribution in [3.63, 3.8) is 0 Å². The molecule has 84 valence electrons. The van der Waals surface area contributed by atoms with Gasteiger partial charge in [-0.15, -0.1) is 0 Å². The number of hydrogen-bond acceptors (Lipinski definition) is 2. The van der Waals surface area contributed by atoms with E-state index in [0.29, 0.717) is 6.42 Å². The number of rotatable bonds is 3. The fourth-order valence-corrected chi connectivity index (χ4v) is 1.13. The van der Waals surface area contributed by atoms with Gasteiger partial charge in [-0.3, -0.25) is 10.2 Å². The molecule has 1 aromatic rings. The topological polar surface area (TPSA) is 55.1 Å². The molecule has 15 heavy (non-hydrogen) atoms. The highest BCUT2D eigenvalue weighted by Crippen LogP contribution is 2.05. The molecule has 0 radical (unpaired) electrons. The quantitative estimate of drug-likeness (QED) is 0.452. The van der Waals surface area contributed by atoms with Crippen molar-refractivity contribution in [3.05, 3.63) is 35.4 Å². The SMILES string of the molecule is CC.CCc1ccc(CC(=O)NN)cc1. The van der Waals surface area contributed by atoms with Gasteiger partial charge in [0, 0.05) is 0 Å². The Morgan fingerprint density at radius 2 is 1.67 bits per heavy atom. The Labute approximate surface area is 91.6 Å². The lowest BCUT2D eigenvalue weighted by Crippen LogP contribution is -2.31. The van der Waals surface area contributed by atoms with Gasteiger partial charge in [-0.25, -0.2) is 5.84 Å². The predicted molar refractivity (Wildman–Crippen MR) is 63.2 cm³/mol. The first kappa shape index (κ1) is 13.7. The normalized spacial score (nSPS) is 8.80. The van der Waals surface area contributed by atoms with Gasteiger partial charge in [0.05, 0.1) is 6.42 Å². The summed E-state index contributed by atoms with van der Waals surface area (Å²) in [5, 5.41) is 0. The lowest BCUT2D eigenvalue weighted by molar-refractivity contribution is -0.120. The molecule has 0 heterocycles. The van der Waals surface area contributed by atoms with Crippen LogP contribution in [-0.4, -0.2) is 5.91 Å². The van der Waals surface area contributed by atoms with E-state index in [1.165, 1.54) is 5.56 Å². The number of nitrogens with two attached hydrogens (primary N) is 1. The fourth-order valence-electron chi connectivity index (χ4n) is 1.13. The number of hydrogen-bond donors (Lipinski definition) is 2. The van der Waals surface area contributed by atoms with Crippen molar-refractivity contribution in [2.45, 2.75) is 33.6 Å². The molecule has 0 fully saturated rings. The van der Waals surface area contributed by atoms with Crippen LogP contribution < -0.4 is 11.3 Å². The van der Waals surface area contributed by atoms with E-state index in [1.807, 2.05) is 38.1 Å². The van der Waals surface area contributed by atoms with Crippen LogP contribution in [0.25, 0.3) is 0 Å². The summed E-state index contributed by atoms with van der Waals surface area (Å²) >= 11 is 0. The highest BCUT2D eigenvalue weighted by molar-refractivity contribution is 5.77. The molecule has 0 unspecified atom stereocenters. The molecule has 0 spiro atoms. The van der Waals surface area contributed by atoms with E-state index in [0.717, 1.165) is 12.0 Å². The summed E-state index contributed by atoms with van der Waals surface area (Å²) in [7, 11) is 0. The molecule has 3 heteroatoms. The van der Waals surface area contributed by atoms with Crippen LogP contribution in [0.3, 0.4) is 0 Å². The van der Waals surface area contributed by atoms with Crippen LogP contribution in [0.5, 0.6) is 0 Å². The summed E-state index contributed by atoms with van der Waals surface area (Å²) < 4.78 is 0. The van der Waals surface area contributed by atoms with Crippen LogP contribution >= 0.6 is 0 Å². The number of carbonyl (C=O) groups excluding carboxylic acids is 1. The van der Waals surface area contributed by atoms with Gasteiger partial charge >= 0.3 is 0 Å². The van der Waals surface area contributed by atoms with E-state index in [2.05, 4.69) is 12.3 Å². The van der Waals surface area contributed by atoms with Crippen molar-refractivity contribution >= 4 is 5.91 Å². The molecule has 0 atom stereocenters. The number of nitrogens with one attached hydrogen (secondary N) is 1. The van der Waals surface area contributed by atoms with Gasteiger partial charge < -0.3 is 0 Å². The molecule has 0 saturated carbocycles. The van der Waals surface area contributed by atoms with Gasteiger partial charge in [-0.05, 0) is 17.5 Å². The van der Waals surface area contributed by atoms with Crippen molar-refractivity contribution < 1.29 is 4.79 Å². The molecule has 1 rings (SSSR count). The first-order chi connectivity index (χ1) is 7.26. The van der Waals surface area contributed by atoms with E-state index in [-0.39, 0.29) is 5.91 Å². The second-order valence-electron chi connectivity index (χ2n) is 2.91. The van der Waals surface area contributed by atoms with E-state index in [9.17, 15) is 4.79 Å². The maximum atomic E-state index is 10.9. The lowest BCUT2D eigenvalue weighted by Gasteiger charge is -2.01. The molecule has 0 bridgehead atoms. The first-order valence-corrected chi connectivity index (χ1v) is 5.33. The van der Waals surface area contributed by atoms with Crippen LogP contribution in [0.1, 0.15) is 31.9 Å². The number of carbonyl (C=O) groups is 1. The van der Waals surface area contributed by atoms with Gasteiger partial charge in [0.2, 0.25) is 5.91 Å². The van der Waals surface area contributed by atoms with Crippen LogP contribution in [0, 0.1) is 0 Å². The second kappa shape index (κ2) is 8.00. The summed E-state index contributed by atoms with van der Waals surface area (Å²) in [6, 6.07) is 7.96. The minimum absolute atomic E-state index is 0.163. The third-order valence-electron chi connectivity index (χ3n) is 1.96. The average Bonchev–Trinajstić information content (AvgIpc) is 2.32. The largest absolute Gasteiger partial charge is 0.294 e. The van der Waals surface area contributed by atoms with Crippen molar-refractivity contribution in [3.8, 4) is 0 Å². The molecule has 1 aromatic carbocycles. The van der Waals surface area contributed by atoms with Crippen LogP contribution in [0.2, 0.25) is 0 Å². The van der Waals surface area contributed by atoms with Crippen LogP contribution in [0.15, 0.2) is 24.3 Å². The predicted octanol–water partition coefficient (Wildman–Crippen LogP) is 1.81. The molecule has 0 aliphatic rings. The van der Waals surface area contributed by atoms with Crippen molar-refractivity contribution in [1.29, 1.82) is 0 Å². The van der Waals surface area contributed by atoms with E-state index < -0.39 is 0 Å². The maximum Gasteiger partial charge on any atom is 0.238 e. The third-order valence-corrected chi connectivity index (χ3v) is 1.96. The third kappa shape index (κ3) is 5.18. The molecule has 1 amide bonds. The summed E-state index contributed by atoms with van der Waals surface area (Å²) in [6.07, 6.45) is 1.36. The summed E-state index contributed by atoms with van der Waals surface area (Å²) in [5.41, 5.74) is 4.36. The molecule has 0 saturated heterocycles. The number of hydrazine groups is 1. The van der Waals surface area contributed by atoms with Gasteiger partial charge in [0.25, 0.3) is 0 Å². The molecular formula is C12H20N2O. The van der Waals surface area contributed by atoms with Crippen molar-refractivity contribution in [2.24, 2.45) is 5.84 Å². The molecular weight excluding hydrogens is 188 g/mol. The zero-order chi connectivity index (χ0) is 11.7. The summed E-state index contributed by atoms with van der Waals surface area (Å²) in [6.45, 7) is 6.10. The van der Waals surface area contributed by atoms with E-state index in [1.54, 1.807) is 0 Å². The Hall–Kier alpha value is -1.35. The van der Waals surface area contributed by atoms with Crippen LogP contribution in [-0.2, 0) is 17.6 Å². The minimum Gasteiger partial charge on any atom is -0.294 e. The number of aryl methyl sites for hydroxylation is 1. The summed E-state index contributed by atoms with van der Waals surface area (Å²) in [5.74, 6) is 4.81. The first-order valence-electron chi connectivity index (χ1n) is 5.33. The molecule has 0 aromatic heterocycles. The van der Waals surface area contributed by atoms with E-state index >= 15 is 0 Å². The Kier molecular flexibility index (Phi) is 7.28. The van der Waals surface area contributed by atoms with Crippen molar-refractivity contribution in [2.75, 3.05) is 0 Å². The molecule has 0 aliphatic carbocycles. The molecule has 3 N–H and O–H groups in total. The maximum absolute atomic E-state index is 10.9. The van der Waals surface area contributed by atoms with Gasteiger partial charge in [0.15, 0.2) is 0 Å². The van der Waals surface area contributed by atoms with Gasteiger partial charge in [0.1, 0.15) is 0 Å². The van der Waals surface area contributed by atoms with Gasteiger partial charge in [-0.2, -0.15) is 0 Å². The Balaban J connectivity index is 0.000000921.